The first-order valence-corrected chi connectivity index (χ1v) is 11.4. The van der Waals surface area contributed by atoms with E-state index in [-0.39, 0.29) is 23.4 Å². The minimum absolute atomic E-state index is 0.00619. The molecule has 0 fully saturated rings. The van der Waals surface area contributed by atoms with Crippen molar-refractivity contribution in [2.45, 2.75) is 45.7 Å². The fourth-order valence-electron chi connectivity index (χ4n) is 5.00. The highest BCUT2D eigenvalue weighted by atomic mass is 35.5. The van der Waals surface area contributed by atoms with E-state index in [1.165, 1.54) is 11.1 Å². The van der Waals surface area contributed by atoms with Crippen molar-refractivity contribution in [1.29, 1.82) is 0 Å². The Hall–Kier alpha value is -3.05. The molecule has 3 aromatic rings. The Morgan fingerprint density at radius 1 is 0.969 bits per heavy atom. The number of carbonyl (C=O) groups is 1. The van der Waals surface area contributed by atoms with Crippen molar-refractivity contribution in [2.75, 3.05) is 11.7 Å². The number of aromatic nitrogens is 1. The van der Waals surface area contributed by atoms with Gasteiger partial charge in [-0.2, -0.15) is 0 Å². The third-order valence-electron chi connectivity index (χ3n) is 6.72. The molecule has 1 aromatic heterocycles. The number of nitrogens with zero attached hydrogens (tertiary/aromatic N) is 3. The van der Waals surface area contributed by atoms with Crippen molar-refractivity contribution in [3.8, 4) is 0 Å². The Morgan fingerprint density at radius 3 is 2.50 bits per heavy atom. The van der Waals surface area contributed by atoms with Gasteiger partial charge in [0.15, 0.2) is 5.43 Å². The number of amides is 1. The molecule has 32 heavy (non-hydrogen) atoms. The molecule has 0 N–H and O–H groups in total. The van der Waals surface area contributed by atoms with Crippen LogP contribution in [-0.2, 0) is 12.8 Å². The Labute approximate surface area is 192 Å². The standard InChI is InChI=1S/C26H26ClN3O2/c1-16(2)28-15-30(29-14-13-23(31)17(3)24(29)26(28)32)25-19-8-5-4-7-18(19)11-12-20-21(25)9-6-10-22(20)27/h4-10,13-14,16,25H,11-12,15H2,1-3H3. The molecule has 1 atom stereocenters. The van der Waals surface area contributed by atoms with Gasteiger partial charge in [-0.1, -0.05) is 48.0 Å². The molecule has 5 nitrogen and oxygen atoms in total. The molecule has 0 saturated heterocycles. The predicted molar refractivity (Wildman–Crippen MR) is 127 cm³/mol. The summed E-state index contributed by atoms with van der Waals surface area (Å²) < 4.78 is 1.88. The number of hydrogen-bond acceptors (Lipinski definition) is 3. The topological polar surface area (TPSA) is 45.6 Å². The molecule has 1 aliphatic carbocycles. The van der Waals surface area contributed by atoms with Gasteiger partial charge >= 0.3 is 0 Å². The molecule has 0 saturated carbocycles. The molecule has 1 aliphatic heterocycles. The third kappa shape index (κ3) is 3.15. The maximum Gasteiger partial charge on any atom is 0.274 e. The molecule has 2 aromatic carbocycles. The van der Waals surface area contributed by atoms with E-state index in [4.69, 9.17) is 11.6 Å². The summed E-state index contributed by atoms with van der Waals surface area (Å²) in [4.78, 5) is 27.7. The van der Waals surface area contributed by atoms with Gasteiger partial charge in [0.05, 0.1) is 6.04 Å². The minimum atomic E-state index is -0.141. The Balaban J connectivity index is 1.80. The van der Waals surface area contributed by atoms with E-state index in [1.807, 2.05) is 35.6 Å². The zero-order chi connectivity index (χ0) is 22.6. The van der Waals surface area contributed by atoms with Crippen LogP contribution in [0.25, 0.3) is 0 Å². The Bertz CT molecular complexity index is 1280. The quantitative estimate of drug-likeness (QED) is 0.582. The first-order valence-electron chi connectivity index (χ1n) is 11.0. The van der Waals surface area contributed by atoms with Crippen LogP contribution in [0.1, 0.15) is 58.2 Å². The summed E-state index contributed by atoms with van der Waals surface area (Å²) in [6, 6.07) is 16.0. The number of halogens is 1. The lowest BCUT2D eigenvalue weighted by molar-refractivity contribution is 0.0625. The molecule has 6 heteroatoms. The van der Waals surface area contributed by atoms with Gasteiger partial charge in [0.1, 0.15) is 12.4 Å². The summed E-state index contributed by atoms with van der Waals surface area (Å²) in [5.74, 6) is -0.111. The average molecular weight is 448 g/mol. The molecule has 0 spiro atoms. The van der Waals surface area contributed by atoms with Crippen LogP contribution in [0.15, 0.2) is 59.5 Å². The lowest BCUT2D eigenvalue weighted by Crippen LogP contribution is -2.57. The molecule has 1 unspecified atom stereocenters. The normalized spacial score (nSPS) is 17.7. The molecule has 2 heterocycles. The van der Waals surface area contributed by atoms with Crippen LogP contribution in [0.3, 0.4) is 0 Å². The van der Waals surface area contributed by atoms with Gasteiger partial charge in [-0.05, 0) is 61.9 Å². The fraction of sp³-hybridized carbons (Fsp3) is 0.308. The highest BCUT2D eigenvalue weighted by Crippen LogP contribution is 2.39. The number of carbonyl (C=O) groups excluding carboxylic acids is 1. The second-order valence-corrected chi connectivity index (χ2v) is 9.26. The average Bonchev–Trinajstić information content (AvgIpc) is 2.94. The fourth-order valence-corrected chi connectivity index (χ4v) is 5.28. The Kier molecular flexibility index (Phi) is 5.09. The Morgan fingerprint density at radius 2 is 1.72 bits per heavy atom. The van der Waals surface area contributed by atoms with Crippen LogP contribution in [0.2, 0.25) is 5.02 Å². The van der Waals surface area contributed by atoms with E-state index in [0.29, 0.717) is 17.9 Å². The van der Waals surface area contributed by atoms with Gasteiger partial charge in [-0.25, -0.2) is 0 Å². The van der Waals surface area contributed by atoms with Gasteiger partial charge in [0.2, 0.25) is 0 Å². The van der Waals surface area contributed by atoms with E-state index in [2.05, 4.69) is 35.3 Å². The second-order valence-electron chi connectivity index (χ2n) is 8.86. The van der Waals surface area contributed by atoms with Crippen LogP contribution in [0.4, 0.5) is 0 Å². The highest BCUT2D eigenvalue weighted by molar-refractivity contribution is 6.31. The molecule has 1 amide bonds. The van der Waals surface area contributed by atoms with Crippen LogP contribution in [-0.4, -0.2) is 28.2 Å². The molecular weight excluding hydrogens is 422 g/mol. The molecule has 0 radical (unpaired) electrons. The molecular formula is C26H26ClN3O2. The summed E-state index contributed by atoms with van der Waals surface area (Å²) in [7, 11) is 0. The van der Waals surface area contributed by atoms with Gasteiger partial charge < -0.3 is 4.90 Å². The SMILES string of the molecule is Cc1c2n(ccc1=O)N(C1c3ccccc3CCc3c(Cl)cccc31)CN(C(C)C)C2=O. The number of aryl methyl sites for hydroxylation is 1. The number of fused-ring (bicyclic) bond motifs is 3. The van der Waals surface area contributed by atoms with E-state index in [0.717, 1.165) is 29.0 Å². The minimum Gasteiger partial charge on any atom is -0.316 e. The number of pyridine rings is 1. The zero-order valence-electron chi connectivity index (χ0n) is 18.5. The summed E-state index contributed by atoms with van der Waals surface area (Å²) in [6.45, 7) is 6.17. The highest BCUT2D eigenvalue weighted by Gasteiger charge is 2.38. The van der Waals surface area contributed by atoms with Crippen molar-refractivity contribution in [3.63, 3.8) is 0 Å². The van der Waals surface area contributed by atoms with E-state index < -0.39 is 0 Å². The van der Waals surface area contributed by atoms with Crippen LogP contribution < -0.4 is 10.4 Å². The predicted octanol–water partition coefficient (Wildman–Crippen LogP) is 4.46. The summed E-state index contributed by atoms with van der Waals surface area (Å²) in [6.07, 6.45) is 3.50. The zero-order valence-corrected chi connectivity index (χ0v) is 19.3. The summed E-state index contributed by atoms with van der Waals surface area (Å²) >= 11 is 6.68. The van der Waals surface area contributed by atoms with Crippen molar-refractivity contribution >= 4 is 17.5 Å². The molecule has 5 rings (SSSR count). The largest absolute Gasteiger partial charge is 0.316 e. The van der Waals surface area contributed by atoms with Gasteiger partial charge in [-0.15, -0.1) is 0 Å². The third-order valence-corrected chi connectivity index (χ3v) is 7.08. The molecule has 0 bridgehead atoms. The van der Waals surface area contributed by atoms with E-state index in [1.54, 1.807) is 19.2 Å². The van der Waals surface area contributed by atoms with Gasteiger partial charge in [0.25, 0.3) is 5.91 Å². The van der Waals surface area contributed by atoms with Gasteiger partial charge in [-0.3, -0.25) is 19.3 Å². The maximum absolute atomic E-state index is 13.4. The van der Waals surface area contributed by atoms with E-state index >= 15 is 0 Å². The van der Waals surface area contributed by atoms with Gasteiger partial charge in [0, 0.05) is 28.9 Å². The second kappa shape index (κ2) is 7.82. The summed E-state index contributed by atoms with van der Waals surface area (Å²) in [5, 5.41) is 2.97. The number of rotatable bonds is 2. The molecule has 164 valence electrons. The van der Waals surface area contributed by atoms with Crippen LogP contribution in [0.5, 0.6) is 0 Å². The first-order chi connectivity index (χ1) is 15.4. The van der Waals surface area contributed by atoms with Crippen molar-refractivity contribution in [2.24, 2.45) is 0 Å². The lowest BCUT2D eigenvalue weighted by atomic mass is 9.94. The smallest absolute Gasteiger partial charge is 0.274 e. The summed E-state index contributed by atoms with van der Waals surface area (Å²) in [5.41, 5.74) is 5.54. The van der Waals surface area contributed by atoms with Crippen LogP contribution >= 0.6 is 11.6 Å². The van der Waals surface area contributed by atoms with E-state index in [9.17, 15) is 9.59 Å². The number of hydrogen-bond donors (Lipinski definition) is 0. The van der Waals surface area contributed by atoms with Crippen LogP contribution in [0, 0.1) is 6.92 Å². The lowest BCUT2D eigenvalue weighted by Gasteiger charge is -2.46. The van der Waals surface area contributed by atoms with Crippen molar-refractivity contribution in [3.05, 3.63) is 103 Å². The maximum atomic E-state index is 13.4. The first kappa shape index (κ1) is 20.8. The number of benzene rings is 2. The molecule has 2 aliphatic rings. The van der Waals surface area contributed by atoms with Crippen molar-refractivity contribution < 1.29 is 4.79 Å². The monoisotopic (exact) mass is 447 g/mol. The van der Waals surface area contributed by atoms with Crippen molar-refractivity contribution in [1.82, 2.24) is 9.58 Å².